The first-order chi connectivity index (χ1) is 11.9. The zero-order chi connectivity index (χ0) is 18.3. The fraction of sp³-hybridized carbons (Fsp3) is 0.316. The van der Waals surface area contributed by atoms with E-state index in [0.29, 0.717) is 6.42 Å². The molecule has 0 fully saturated rings. The summed E-state index contributed by atoms with van der Waals surface area (Å²) in [5.74, 6) is -0.840. The molecule has 2 atom stereocenters. The Hall–Kier alpha value is -2.18. The summed E-state index contributed by atoms with van der Waals surface area (Å²) in [5, 5.41) is 8.82. The molecule has 5 nitrogen and oxygen atoms in total. The normalized spacial score (nSPS) is 14.8. The van der Waals surface area contributed by atoms with Crippen molar-refractivity contribution >= 4 is 15.7 Å². The Kier molecular flexibility index (Phi) is 6.73. The van der Waals surface area contributed by atoms with Crippen LogP contribution in [0.15, 0.2) is 60.7 Å². The van der Waals surface area contributed by atoms with Gasteiger partial charge in [-0.25, -0.2) is 4.21 Å². The van der Waals surface area contributed by atoms with Gasteiger partial charge in [0.25, 0.3) is 0 Å². The first kappa shape index (κ1) is 19.1. The van der Waals surface area contributed by atoms with Crippen LogP contribution in [0.3, 0.4) is 0 Å². The molecular weight excluding hydrogens is 336 g/mol. The van der Waals surface area contributed by atoms with Crippen LogP contribution in [0.25, 0.3) is 0 Å². The minimum Gasteiger partial charge on any atom is -0.480 e. The van der Waals surface area contributed by atoms with Crippen LogP contribution in [-0.4, -0.2) is 32.8 Å². The molecule has 0 aliphatic rings. The molecule has 25 heavy (non-hydrogen) atoms. The van der Waals surface area contributed by atoms with Crippen LogP contribution in [0.4, 0.5) is 0 Å². The third kappa shape index (κ3) is 5.99. The number of benzene rings is 2. The van der Waals surface area contributed by atoms with Gasteiger partial charge < -0.3 is 10.8 Å². The summed E-state index contributed by atoms with van der Waals surface area (Å²) in [6, 6.07) is 18.8. The lowest BCUT2D eigenvalue weighted by Gasteiger charge is -2.19. The fourth-order valence-corrected chi connectivity index (χ4v) is 4.20. The van der Waals surface area contributed by atoms with Crippen molar-refractivity contribution in [3.63, 3.8) is 0 Å². The molecule has 0 aromatic heterocycles. The SMILES string of the molecule is N=S(=O)(CCC(c1ccccc1)c1ccccc1)CC[C@H](N)C(=O)O. The van der Waals surface area contributed by atoms with Crippen LogP contribution < -0.4 is 5.73 Å². The Morgan fingerprint density at radius 1 is 0.960 bits per heavy atom. The van der Waals surface area contributed by atoms with Gasteiger partial charge in [0, 0.05) is 27.2 Å². The van der Waals surface area contributed by atoms with Gasteiger partial charge in [-0.2, -0.15) is 0 Å². The predicted octanol–water partition coefficient (Wildman–Crippen LogP) is 3.06. The Morgan fingerprint density at radius 3 is 1.84 bits per heavy atom. The molecule has 134 valence electrons. The van der Waals surface area contributed by atoms with E-state index in [0.717, 1.165) is 11.1 Å². The van der Waals surface area contributed by atoms with E-state index in [2.05, 4.69) is 0 Å². The van der Waals surface area contributed by atoms with E-state index >= 15 is 0 Å². The van der Waals surface area contributed by atoms with Crippen LogP contribution in [0.5, 0.6) is 0 Å². The Bertz CT molecular complexity index is 737. The number of carboxylic acid groups (broad SMARTS) is 1. The summed E-state index contributed by atoms with van der Waals surface area (Å²) in [6.45, 7) is 0. The minimum atomic E-state index is -2.86. The Balaban J connectivity index is 2.09. The third-order valence-corrected chi connectivity index (χ3v) is 6.01. The lowest BCUT2D eigenvalue weighted by Crippen LogP contribution is -2.32. The quantitative estimate of drug-likeness (QED) is 0.639. The summed E-state index contributed by atoms with van der Waals surface area (Å²) in [4.78, 5) is 10.8. The Labute approximate surface area is 148 Å². The maximum atomic E-state index is 12.5. The van der Waals surface area contributed by atoms with Gasteiger partial charge in [-0.15, -0.1) is 0 Å². The molecule has 0 amide bonds. The molecule has 2 rings (SSSR count). The summed E-state index contributed by atoms with van der Waals surface area (Å²) in [5.41, 5.74) is 7.69. The molecule has 6 heteroatoms. The molecule has 1 unspecified atom stereocenters. The second-order valence-corrected chi connectivity index (χ2v) is 8.56. The van der Waals surface area contributed by atoms with Gasteiger partial charge in [-0.3, -0.25) is 9.57 Å². The molecule has 0 saturated heterocycles. The number of carbonyl (C=O) groups is 1. The second-order valence-electron chi connectivity index (χ2n) is 6.12. The van der Waals surface area contributed by atoms with E-state index in [1.165, 1.54) is 0 Å². The summed E-state index contributed by atoms with van der Waals surface area (Å²) in [7, 11) is -2.86. The van der Waals surface area contributed by atoms with Gasteiger partial charge in [-0.1, -0.05) is 60.7 Å². The molecule has 0 spiro atoms. The van der Waals surface area contributed by atoms with E-state index in [4.69, 9.17) is 15.6 Å². The molecule has 0 aliphatic heterocycles. The highest BCUT2D eigenvalue weighted by Crippen LogP contribution is 2.28. The maximum Gasteiger partial charge on any atom is 0.320 e. The van der Waals surface area contributed by atoms with Crippen molar-refractivity contribution in [2.75, 3.05) is 11.5 Å². The molecule has 4 N–H and O–H groups in total. The van der Waals surface area contributed by atoms with Crippen molar-refractivity contribution in [2.24, 2.45) is 5.73 Å². The molecule has 2 aromatic carbocycles. The van der Waals surface area contributed by atoms with Gasteiger partial charge in [0.2, 0.25) is 0 Å². The van der Waals surface area contributed by atoms with E-state index < -0.39 is 21.7 Å². The first-order valence-electron chi connectivity index (χ1n) is 8.21. The number of nitrogens with two attached hydrogens (primary N) is 1. The molecule has 0 heterocycles. The number of hydrogen-bond acceptors (Lipinski definition) is 4. The average Bonchev–Trinajstić information content (AvgIpc) is 2.61. The van der Waals surface area contributed by atoms with Gasteiger partial charge in [0.1, 0.15) is 6.04 Å². The number of hydrogen-bond donors (Lipinski definition) is 3. The molecular formula is C19H24N2O3S. The smallest absolute Gasteiger partial charge is 0.320 e. The van der Waals surface area contributed by atoms with Crippen molar-refractivity contribution in [3.8, 4) is 0 Å². The monoisotopic (exact) mass is 360 g/mol. The summed E-state index contributed by atoms with van der Waals surface area (Å²) < 4.78 is 20.6. The molecule has 0 aliphatic carbocycles. The fourth-order valence-electron chi connectivity index (χ4n) is 2.75. The van der Waals surface area contributed by atoms with Crippen LogP contribution in [0, 0.1) is 4.78 Å². The zero-order valence-corrected chi connectivity index (χ0v) is 14.8. The first-order valence-corrected chi connectivity index (χ1v) is 10.1. The summed E-state index contributed by atoms with van der Waals surface area (Å²) >= 11 is 0. The van der Waals surface area contributed by atoms with E-state index in [1.807, 2.05) is 60.7 Å². The summed E-state index contributed by atoms with van der Waals surface area (Å²) in [6.07, 6.45) is 0.623. The highest BCUT2D eigenvalue weighted by molar-refractivity contribution is 7.92. The number of nitrogens with one attached hydrogen (secondary N) is 1. The highest BCUT2D eigenvalue weighted by atomic mass is 32.2. The van der Waals surface area contributed by atoms with Crippen LogP contribution in [0.1, 0.15) is 29.9 Å². The number of aliphatic carboxylic acids is 1. The molecule has 0 radical (unpaired) electrons. The average molecular weight is 360 g/mol. The lowest BCUT2D eigenvalue weighted by atomic mass is 9.89. The van der Waals surface area contributed by atoms with Gasteiger partial charge in [0.05, 0.1) is 0 Å². The van der Waals surface area contributed by atoms with Crippen LogP contribution >= 0.6 is 0 Å². The van der Waals surface area contributed by atoms with E-state index in [1.54, 1.807) is 0 Å². The zero-order valence-electron chi connectivity index (χ0n) is 14.0. The standard InChI is InChI=1S/C19H24N2O3S/c20-18(19(22)23)12-14-25(21,24)13-11-17(15-7-3-1-4-8-15)16-9-5-2-6-10-16/h1-10,17-18,21H,11-14,20H2,(H,22,23)/t18-,25?/m0/s1. The predicted molar refractivity (Wildman–Crippen MR) is 100 cm³/mol. The molecule has 0 saturated carbocycles. The molecule has 2 aromatic rings. The van der Waals surface area contributed by atoms with E-state index in [9.17, 15) is 9.00 Å². The van der Waals surface area contributed by atoms with Crippen molar-refractivity contribution < 1.29 is 14.1 Å². The maximum absolute atomic E-state index is 12.5. The largest absolute Gasteiger partial charge is 0.480 e. The lowest BCUT2D eigenvalue weighted by molar-refractivity contribution is -0.138. The third-order valence-electron chi connectivity index (χ3n) is 4.22. The van der Waals surface area contributed by atoms with Crippen molar-refractivity contribution in [1.29, 1.82) is 4.78 Å². The number of carboxylic acids is 1. The van der Waals surface area contributed by atoms with Crippen molar-refractivity contribution in [1.82, 2.24) is 0 Å². The van der Waals surface area contributed by atoms with Crippen molar-refractivity contribution in [2.45, 2.75) is 24.8 Å². The van der Waals surface area contributed by atoms with Gasteiger partial charge in [0.15, 0.2) is 0 Å². The topological polar surface area (TPSA) is 104 Å². The second kappa shape index (κ2) is 8.78. The highest BCUT2D eigenvalue weighted by Gasteiger charge is 2.19. The molecule has 0 bridgehead atoms. The van der Waals surface area contributed by atoms with Gasteiger partial charge >= 0.3 is 5.97 Å². The van der Waals surface area contributed by atoms with Gasteiger partial charge in [-0.05, 0) is 24.0 Å². The van der Waals surface area contributed by atoms with Crippen LogP contribution in [-0.2, 0) is 14.5 Å². The van der Waals surface area contributed by atoms with E-state index in [-0.39, 0.29) is 23.8 Å². The Morgan fingerprint density at radius 2 is 1.40 bits per heavy atom. The number of rotatable bonds is 9. The van der Waals surface area contributed by atoms with Crippen molar-refractivity contribution in [3.05, 3.63) is 71.8 Å². The minimum absolute atomic E-state index is 0.0107. The van der Waals surface area contributed by atoms with Crippen LogP contribution in [0.2, 0.25) is 0 Å².